The molecular weight excluding hydrogens is 276 g/mol. The molecule has 2 aromatic carbocycles. The average Bonchev–Trinajstić information content (AvgIpc) is 2.53. The van der Waals surface area contributed by atoms with E-state index in [1.807, 2.05) is 36.9 Å². The Kier molecular flexibility index (Phi) is 5.92. The normalized spacial score (nSPS) is 12.5. The first kappa shape index (κ1) is 16.5. The standard InChI is InChI=1S/C18H24N2O2/c1-3-20(11-12-21)13-18(22)19-14(2)16-10-6-8-15-7-4-5-9-17(15)16/h4-10,14,21H,3,11-13H2,1-2H3,(H,19,22). The lowest BCUT2D eigenvalue weighted by atomic mass is 10.00. The number of carbonyl (C=O) groups is 1. The largest absolute Gasteiger partial charge is 0.395 e. The summed E-state index contributed by atoms with van der Waals surface area (Å²) in [5.74, 6) is -0.0178. The molecule has 2 aromatic rings. The lowest BCUT2D eigenvalue weighted by molar-refractivity contribution is -0.122. The highest BCUT2D eigenvalue weighted by atomic mass is 16.3. The van der Waals surface area contributed by atoms with Gasteiger partial charge >= 0.3 is 0 Å². The van der Waals surface area contributed by atoms with Crippen molar-refractivity contribution in [3.05, 3.63) is 48.0 Å². The zero-order chi connectivity index (χ0) is 15.9. The van der Waals surface area contributed by atoms with Gasteiger partial charge in [-0.25, -0.2) is 0 Å². The molecule has 2 N–H and O–H groups in total. The zero-order valence-electron chi connectivity index (χ0n) is 13.2. The molecular formula is C18H24N2O2. The molecule has 22 heavy (non-hydrogen) atoms. The molecule has 2 rings (SSSR count). The van der Waals surface area contributed by atoms with Crippen molar-refractivity contribution < 1.29 is 9.90 Å². The molecule has 1 amide bonds. The number of hydrogen-bond acceptors (Lipinski definition) is 3. The van der Waals surface area contributed by atoms with Crippen molar-refractivity contribution in [1.29, 1.82) is 0 Å². The molecule has 0 radical (unpaired) electrons. The lowest BCUT2D eigenvalue weighted by Crippen LogP contribution is -2.39. The SMILES string of the molecule is CCN(CCO)CC(=O)NC(C)c1cccc2ccccc12. The third-order valence-electron chi connectivity index (χ3n) is 3.90. The number of amides is 1. The second-order valence-corrected chi connectivity index (χ2v) is 5.45. The lowest BCUT2D eigenvalue weighted by Gasteiger charge is -2.21. The van der Waals surface area contributed by atoms with Crippen molar-refractivity contribution in [2.24, 2.45) is 0 Å². The summed E-state index contributed by atoms with van der Waals surface area (Å²) in [4.78, 5) is 14.1. The highest BCUT2D eigenvalue weighted by Gasteiger charge is 2.14. The van der Waals surface area contributed by atoms with E-state index in [4.69, 9.17) is 5.11 Å². The molecule has 0 aliphatic heterocycles. The van der Waals surface area contributed by atoms with Gasteiger partial charge in [-0.2, -0.15) is 0 Å². The number of fused-ring (bicyclic) bond motifs is 1. The van der Waals surface area contributed by atoms with Crippen LogP contribution in [-0.4, -0.2) is 42.2 Å². The van der Waals surface area contributed by atoms with Gasteiger partial charge in [0, 0.05) is 6.54 Å². The van der Waals surface area contributed by atoms with Crippen molar-refractivity contribution in [2.75, 3.05) is 26.2 Å². The molecule has 0 aliphatic rings. The molecule has 1 atom stereocenters. The number of hydrogen-bond donors (Lipinski definition) is 2. The van der Waals surface area contributed by atoms with Crippen LogP contribution >= 0.6 is 0 Å². The van der Waals surface area contributed by atoms with Gasteiger partial charge in [0.1, 0.15) is 0 Å². The second-order valence-electron chi connectivity index (χ2n) is 5.45. The number of nitrogens with zero attached hydrogens (tertiary/aromatic N) is 1. The fourth-order valence-electron chi connectivity index (χ4n) is 2.69. The molecule has 0 heterocycles. The van der Waals surface area contributed by atoms with Gasteiger partial charge in [0.05, 0.1) is 19.2 Å². The van der Waals surface area contributed by atoms with Crippen LogP contribution in [0.3, 0.4) is 0 Å². The summed E-state index contributed by atoms with van der Waals surface area (Å²) in [5.41, 5.74) is 1.12. The Hall–Kier alpha value is -1.91. The highest BCUT2D eigenvalue weighted by molar-refractivity contribution is 5.87. The topological polar surface area (TPSA) is 52.6 Å². The molecule has 4 heteroatoms. The highest BCUT2D eigenvalue weighted by Crippen LogP contribution is 2.23. The average molecular weight is 300 g/mol. The smallest absolute Gasteiger partial charge is 0.234 e. The van der Waals surface area contributed by atoms with Crippen LogP contribution in [0.2, 0.25) is 0 Å². The predicted octanol–water partition coefficient (Wildman–Crippen LogP) is 2.33. The maximum Gasteiger partial charge on any atom is 0.234 e. The molecule has 0 saturated carbocycles. The summed E-state index contributed by atoms with van der Waals surface area (Å²) in [5, 5.41) is 14.4. The maximum absolute atomic E-state index is 12.2. The number of benzene rings is 2. The number of aliphatic hydroxyl groups excluding tert-OH is 1. The monoisotopic (exact) mass is 300 g/mol. The Bertz CT molecular complexity index is 622. The molecule has 1 unspecified atom stereocenters. The fraction of sp³-hybridized carbons (Fsp3) is 0.389. The molecule has 4 nitrogen and oxygen atoms in total. The van der Waals surface area contributed by atoms with Gasteiger partial charge in [-0.1, -0.05) is 49.4 Å². The minimum Gasteiger partial charge on any atom is -0.395 e. The Morgan fingerprint density at radius 1 is 1.23 bits per heavy atom. The summed E-state index contributed by atoms with van der Waals surface area (Å²) in [6, 6.07) is 14.3. The van der Waals surface area contributed by atoms with Gasteiger partial charge in [0.2, 0.25) is 5.91 Å². The van der Waals surface area contributed by atoms with Crippen molar-refractivity contribution in [3.8, 4) is 0 Å². The van der Waals surface area contributed by atoms with E-state index in [1.54, 1.807) is 0 Å². The predicted molar refractivity (Wildman–Crippen MR) is 89.7 cm³/mol. The molecule has 0 aliphatic carbocycles. The van der Waals surface area contributed by atoms with E-state index in [0.29, 0.717) is 13.1 Å². The van der Waals surface area contributed by atoms with Crippen molar-refractivity contribution >= 4 is 16.7 Å². The first-order valence-corrected chi connectivity index (χ1v) is 7.76. The molecule has 0 bridgehead atoms. The summed E-state index contributed by atoms with van der Waals surface area (Å²) in [6.45, 7) is 5.63. The minimum absolute atomic E-state index is 0.0178. The number of likely N-dealkylation sites (N-methyl/N-ethyl adjacent to an activating group) is 1. The van der Waals surface area contributed by atoms with E-state index in [0.717, 1.165) is 12.1 Å². The number of nitrogens with one attached hydrogen (secondary N) is 1. The first-order valence-electron chi connectivity index (χ1n) is 7.76. The quantitative estimate of drug-likeness (QED) is 0.825. The maximum atomic E-state index is 12.2. The van der Waals surface area contributed by atoms with E-state index in [1.165, 1.54) is 10.8 Å². The van der Waals surface area contributed by atoms with E-state index in [-0.39, 0.29) is 18.6 Å². The molecule has 0 saturated heterocycles. The molecule has 0 aromatic heterocycles. The van der Waals surface area contributed by atoms with Crippen LogP contribution in [0.4, 0.5) is 0 Å². The van der Waals surface area contributed by atoms with Gasteiger partial charge < -0.3 is 10.4 Å². The van der Waals surface area contributed by atoms with Gasteiger partial charge in [-0.3, -0.25) is 9.69 Å². The Morgan fingerprint density at radius 3 is 2.68 bits per heavy atom. The summed E-state index contributed by atoms with van der Waals surface area (Å²) >= 11 is 0. The third-order valence-corrected chi connectivity index (χ3v) is 3.90. The van der Waals surface area contributed by atoms with Crippen molar-refractivity contribution in [1.82, 2.24) is 10.2 Å². The molecule has 118 valence electrons. The van der Waals surface area contributed by atoms with Crippen LogP contribution < -0.4 is 5.32 Å². The fourth-order valence-corrected chi connectivity index (χ4v) is 2.69. The summed E-state index contributed by atoms with van der Waals surface area (Å²) in [6.07, 6.45) is 0. The number of aliphatic hydroxyl groups is 1. The van der Waals surface area contributed by atoms with E-state index < -0.39 is 0 Å². The first-order chi connectivity index (χ1) is 10.7. The third kappa shape index (κ3) is 4.06. The minimum atomic E-state index is -0.0496. The van der Waals surface area contributed by atoms with Crippen LogP contribution in [0.25, 0.3) is 10.8 Å². The molecule has 0 fully saturated rings. The van der Waals surface area contributed by atoms with E-state index in [2.05, 4.69) is 29.6 Å². The number of rotatable bonds is 7. The van der Waals surface area contributed by atoms with Crippen molar-refractivity contribution in [2.45, 2.75) is 19.9 Å². The second kappa shape index (κ2) is 7.92. The van der Waals surface area contributed by atoms with Gasteiger partial charge in [0.25, 0.3) is 0 Å². The van der Waals surface area contributed by atoms with Crippen molar-refractivity contribution in [3.63, 3.8) is 0 Å². The number of carbonyl (C=O) groups excluding carboxylic acids is 1. The van der Waals surface area contributed by atoms with Crippen LogP contribution in [0, 0.1) is 0 Å². The Labute approximate surface area is 131 Å². The van der Waals surface area contributed by atoms with Gasteiger partial charge in [0.15, 0.2) is 0 Å². The van der Waals surface area contributed by atoms with Gasteiger partial charge in [-0.05, 0) is 29.8 Å². The van der Waals surface area contributed by atoms with Crippen LogP contribution in [0.1, 0.15) is 25.5 Å². The van der Waals surface area contributed by atoms with Crippen LogP contribution in [-0.2, 0) is 4.79 Å². The summed E-state index contributed by atoms with van der Waals surface area (Å²) < 4.78 is 0. The van der Waals surface area contributed by atoms with Crippen LogP contribution in [0.5, 0.6) is 0 Å². The van der Waals surface area contributed by atoms with E-state index in [9.17, 15) is 4.79 Å². The zero-order valence-corrected chi connectivity index (χ0v) is 13.2. The summed E-state index contributed by atoms with van der Waals surface area (Å²) in [7, 11) is 0. The van der Waals surface area contributed by atoms with Gasteiger partial charge in [-0.15, -0.1) is 0 Å². The Balaban J connectivity index is 2.07. The van der Waals surface area contributed by atoms with Crippen LogP contribution in [0.15, 0.2) is 42.5 Å². The Morgan fingerprint density at radius 2 is 1.95 bits per heavy atom. The molecule has 0 spiro atoms. The van der Waals surface area contributed by atoms with E-state index >= 15 is 0 Å².